The number of hydrogen-bond acceptors (Lipinski definition) is 2. The topological polar surface area (TPSA) is 45.7 Å². The Morgan fingerprint density at radius 1 is 1.30 bits per heavy atom. The molecule has 1 aliphatic rings. The molecule has 0 amide bonds. The Morgan fingerprint density at radius 3 is 2.55 bits per heavy atom. The van der Waals surface area contributed by atoms with Crippen molar-refractivity contribution in [1.82, 2.24) is 10.6 Å². The number of nitrogens with zero attached hydrogens (tertiary/aromatic N) is 1. The predicted octanol–water partition coefficient (Wildman–Crippen LogP) is 2.43. The predicted molar refractivity (Wildman–Crippen MR) is 83.2 cm³/mol. The van der Waals surface area contributed by atoms with Crippen molar-refractivity contribution >= 4 is 17.6 Å². The number of hydrogen-bond donors (Lipinski definition) is 2. The van der Waals surface area contributed by atoms with Crippen LogP contribution in [0, 0.1) is 5.41 Å². The average molecular weight is 296 g/mol. The highest BCUT2D eigenvalue weighted by molar-refractivity contribution is 6.30. The smallest absolute Gasteiger partial charge is 0.191 e. The molecule has 0 unspecified atom stereocenters. The summed E-state index contributed by atoms with van der Waals surface area (Å²) in [5, 5.41) is 7.39. The Bertz CT molecular complexity index is 455. The third-order valence-electron chi connectivity index (χ3n) is 3.26. The fourth-order valence-corrected chi connectivity index (χ4v) is 2.08. The second-order valence-electron chi connectivity index (χ2n) is 5.48. The first-order valence-corrected chi connectivity index (χ1v) is 7.33. The molecule has 2 rings (SSSR count). The lowest BCUT2D eigenvalue weighted by atomic mass is 9.89. The molecule has 0 spiro atoms. The van der Waals surface area contributed by atoms with Crippen molar-refractivity contribution in [3.8, 4) is 0 Å². The molecular weight excluding hydrogens is 274 g/mol. The van der Waals surface area contributed by atoms with Gasteiger partial charge in [0.1, 0.15) is 0 Å². The highest BCUT2D eigenvalue weighted by Gasteiger charge is 2.33. The molecule has 2 N–H and O–H groups in total. The first-order chi connectivity index (χ1) is 9.61. The van der Waals surface area contributed by atoms with Crippen LogP contribution in [0.25, 0.3) is 0 Å². The maximum atomic E-state index is 5.87. The summed E-state index contributed by atoms with van der Waals surface area (Å²) in [6.45, 7) is 8.27. The van der Waals surface area contributed by atoms with E-state index >= 15 is 0 Å². The van der Waals surface area contributed by atoms with E-state index in [4.69, 9.17) is 16.3 Å². The van der Waals surface area contributed by atoms with Gasteiger partial charge in [0, 0.05) is 23.5 Å². The van der Waals surface area contributed by atoms with Crippen molar-refractivity contribution in [2.24, 2.45) is 10.4 Å². The summed E-state index contributed by atoms with van der Waals surface area (Å²) in [6.07, 6.45) is 0. The van der Waals surface area contributed by atoms with E-state index in [1.165, 1.54) is 0 Å². The number of ether oxygens (including phenoxy) is 1. The zero-order valence-corrected chi connectivity index (χ0v) is 12.8. The summed E-state index contributed by atoms with van der Waals surface area (Å²) < 4.78 is 5.26. The van der Waals surface area contributed by atoms with Crippen LogP contribution < -0.4 is 10.6 Å². The number of nitrogens with one attached hydrogen (secondary N) is 2. The van der Waals surface area contributed by atoms with Gasteiger partial charge in [0.05, 0.1) is 19.8 Å². The van der Waals surface area contributed by atoms with E-state index < -0.39 is 0 Å². The number of rotatable bonds is 5. The molecule has 0 saturated carbocycles. The maximum Gasteiger partial charge on any atom is 0.191 e. The van der Waals surface area contributed by atoms with E-state index in [1.54, 1.807) is 0 Å². The van der Waals surface area contributed by atoms with E-state index in [0.717, 1.165) is 42.8 Å². The van der Waals surface area contributed by atoms with Gasteiger partial charge in [-0.05, 0) is 24.6 Å². The van der Waals surface area contributed by atoms with Gasteiger partial charge >= 0.3 is 0 Å². The van der Waals surface area contributed by atoms with Crippen molar-refractivity contribution in [2.75, 3.05) is 26.3 Å². The third-order valence-corrected chi connectivity index (χ3v) is 3.51. The largest absolute Gasteiger partial charge is 0.380 e. The molecule has 4 nitrogen and oxygen atoms in total. The molecular formula is C15H22ClN3O. The first-order valence-electron chi connectivity index (χ1n) is 6.96. The second-order valence-corrected chi connectivity index (χ2v) is 5.92. The molecule has 5 heteroatoms. The standard InChI is InChI=1S/C15H22ClN3O/c1-3-17-14(19-9-15(2)10-20-11-15)18-8-12-4-6-13(16)7-5-12/h4-7H,3,8-11H2,1-2H3,(H2,17,18,19). The molecule has 0 atom stereocenters. The van der Waals surface area contributed by atoms with Crippen LogP contribution in [0.3, 0.4) is 0 Å². The maximum absolute atomic E-state index is 5.87. The van der Waals surface area contributed by atoms with E-state index in [9.17, 15) is 0 Å². The Kier molecular flexibility index (Phi) is 5.26. The van der Waals surface area contributed by atoms with Crippen LogP contribution in [0.2, 0.25) is 5.02 Å². The minimum absolute atomic E-state index is 0.233. The molecule has 20 heavy (non-hydrogen) atoms. The Balaban J connectivity index is 1.89. The molecule has 1 fully saturated rings. The van der Waals surface area contributed by atoms with Crippen molar-refractivity contribution in [3.05, 3.63) is 34.9 Å². The highest BCUT2D eigenvalue weighted by atomic mass is 35.5. The van der Waals surface area contributed by atoms with E-state index in [-0.39, 0.29) is 5.41 Å². The van der Waals surface area contributed by atoms with Gasteiger partial charge in [-0.15, -0.1) is 0 Å². The van der Waals surface area contributed by atoms with Crippen LogP contribution >= 0.6 is 11.6 Å². The van der Waals surface area contributed by atoms with E-state index in [2.05, 4.69) is 29.5 Å². The van der Waals surface area contributed by atoms with Crippen molar-refractivity contribution in [3.63, 3.8) is 0 Å². The molecule has 0 radical (unpaired) electrons. The second kappa shape index (κ2) is 6.95. The number of benzene rings is 1. The summed E-state index contributed by atoms with van der Waals surface area (Å²) in [5.41, 5.74) is 1.38. The Labute approximate surface area is 125 Å². The fourth-order valence-electron chi connectivity index (χ4n) is 1.95. The SMILES string of the molecule is CCNC(=NCc1ccc(Cl)cc1)NCC1(C)COC1. The van der Waals surface area contributed by atoms with Gasteiger partial charge in [-0.25, -0.2) is 4.99 Å². The summed E-state index contributed by atoms with van der Waals surface area (Å²) in [7, 11) is 0. The highest BCUT2D eigenvalue weighted by Crippen LogP contribution is 2.24. The van der Waals surface area contributed by atoms with Gasteiger partial charge in [0.25, 0.3) is 0 Å². The number of guanidine groups is 1. The Hall–Kier alpha value is -1.26. The van der Waals surface area contributed by atoms with E-state index in [0.29, 0.717) is 6.54 Å². The lowest BCUT2D eigenvalue weighted by Gasteiger charge is -2.38. The van der Waals surface area contributed by atoms with Crippen molar-refractivity contribution < 1.29 is 4.74 Å². The summed E-state index contributed by atoms with van der Waals surface area (Å²) in [4.78, 5) is 4.59. The lowest BCUT2D eigenvalue weighted by molar-refractivity contribution is -0.0971. The summed E-state index contributed by atoms with van der Waals surface area (Å²) >= 11 is 5.87. The molecule has 0 aromatic heterocycles. The Morgan fingerprint density at radius 2 is 2.00 bits per heavy atom. The normalized spacial score (nSPS) is 17.4. The average Bonchev–Trinajstić information content (AvgIpc) is 2.41. The summed E-state index contributed by atoms with van der Waals surface area (Å²) in [5.74, 6) is 0.843. The van der Waals surface area contributed by atoms with Crippen LogP contribution in [0.4, 0.5) is 0 Å². The molecule has 1 heterocycles. The van der Waals surface area contributed by atoms with Crippen LogP contribution in [0.15, 0.2) is 29.3 Å². The molecule has 1 aromatic rings. The lowest BCUT2D eigenvalue weighted by Crippen LogP contribution is -2.51. The molecule has 1 saturated heterocycles. The number of halogens is 1. The molecule has 0 aliphatic carbocycles. The molecule has 110 valence electrons. The van der Waals surface area contributed by atoms with Gasteiger partial charge in [-0.1, -0.05) is 30.7 Å². The van der Waals surface area contributed by atoms with Gasteiger partial charge in [0.15, 0.2) is 5.96 Å². The van der Waals surface area contributed by atoms with Gasteiger partial charge in [0.2, 0.25) is 0 Å². The quantitative estimate of drug-likeness (QED) is 0.648. The van der Waals surface area contributed by atoms with Crippen LogP contribution in [-0.2, 0) is 11.3 Å². The fraction of sp³-hybridized carbons (Fsp3) is 0.533. The van der Waals surface area contributed by atoms with Crippen LogP contribution in [0.1, 0.15) is 19.4 Å². The molecule has 1 aliphatic heterocycles. The van der Waals surface area contributed by atoms with Gasteiger partial charge in [-0.3, -0.25) is 0 Å². The van der Waals surface area contributed by atoms with Crippen molar-refractivity contribution in [1.29, 1.82) is 0 Å². The minimum atomic E-state index is 0.233. The van der Waals surface area contributed by atoms with Gasteiger partial charge in [-0.2, -0.15) is 0 Å². The number of aliphatic imine (C=N–C) groups is 1. The first kappa shape index (κ1) is 15.1. The zero-order chi connectivity index (χ0) is 14.4. The minimum Gasteiger partial charge on any atom is -0.380 e. The molecule has 0 bridgehead atoms. The zero-order valence-electron chi connectivity index (χ0n) is 12.1. The molecule has 1 aromatic carbocycles. The van der Waals surface area contributed by atoms with E-state index in [1.807, 2.05) is 24.3 Å². The monoisotopic (exact) mass is 295 g/mol. The van der Waals surface area contributed by atoms with Crippen LogP contribution in [-0.4, -0.2) is 32.3 Å². The summed E-state index contributed by atoms with van der Waals surface area (Å²) in [6, 6.07) is 7.77. The van der Waals surface area contributed by atoms with Crippen LogP contribution in [0.5, 0.6) is 0 Å². The van der Waals surface area contributed by atoms with Crippen molar-refractivity contribution in [2.45, 2.75) is 20.4 Å². The van der Waals surface area contributed by atoms with Gasteiger partial charge < -0.3 is 15.4 Å². The third kappa shape index (κ3) is 4.39.